The van der Waals surface area contributed by atoms with Gasteiger partial charge in [-0.1, -0.05) is 504 Å². The standard InChI is InChI=1S/C54H111O3P.C36H75O3P/c1-4-7-10-13-16-19-22-25-28-31-34-37-40-43-46-49-52-55-58(56-53-50-47-44-41-38-35-32-29-26-23-20-17-14-11-8-5-2)57-54-51-48-45-42-39-36-33-30-27-24-21-18-15-12-9-6-3;1-4-7-10-13-16-19-22-25-28-31-34-37-40(38-35-32-29-26-23-20-17-14-11-8-5-2)39-36-33-30-27-24-21-18-15-12-9-6-3/h4-54H2,1-3H3;4-36H2,1-3H3. The molecule has 0 saturated carbocycles. The Hall–Kier alpha value is 0.620. The first-order valence-electron chi connectivity index (χ1n) is 46.1. The van der Waals surface area contributed by atoms with Crippen LogP contribution in [0, 0.1) is 0 Å². The fraction of sp³-hybridized carbons (Fsp3) is 1.00. The van der Waals surface area contributed by atoms with Gasteiger partial charge in [0.2, 0.25) is 0 Å². The van der Waals surface area contributed by atoms with E-state index in [1.807, 2.05) is 0 Å². The molecule has 0 spiro atoms. The lowest BCUT2D eigenvalue weighted by molar-refractivity contribution is 0.153. The molecule has 0 amide bonds. The lowest BCUT2D eigenvalue weighted by Crippen LogP contribution is -2.00. The average molecular weight is 1430 g/mol. The van der Waals surface area contributed by atoms with Crippen LogP contribution in [-0.4, -0.2) is 39.6 Å². The fourth-order valence-electron chi connectivity index (χ4n) is 13.8. The van der Waals surface area contributed by atoms with E-state index in [1.165, 1.54) is 462 Å². The molecule has 592 valence electrons. The minimum atomic E-state index is -1.19. The molecule has 0 fully saturated rings. The zero-order valence-electron chi connectivity index (χ0n) is 68.7. The molecule has 0 aromatic heterocycles. The van der Waals surface area contributed by atoms with Gasteiger partial charge in [0.15, 0.2) is 0 Å². The molecule has 0 saturated heterocycles. The molecular formula is C90H186O6P2. The zero-order valence-corrected chi connectivity index (χ0v) is 70.5. The Balaban J connectivity index is 0. The average Bonchev–Trinajstić information content (AvgIpc) is 3.82. The minimum Gasteiger partial charge on any atom is -0.312 e. The van der Waals surface area contributed by atoms with Crippen molar-refractivity contribution in [1.82, 2.24) is 0 Å². The number of unbranched alkanes of at least 4 members (excludes halogenated alkanes) is 72. The van der Waals surface area contributed by atoms with Crippen LogP contribution >= 0.6 is 17.2 Å². The predicted octanol–water partition coefficient (Wildman–Crippen LogP) is 35.1. The summed E-state index contributed by atoms with van der Waals surface area (Å²) in [5.74, 6) is 0. The Morgan fingerprint density at radius 2 is 0.173 bits per heavy atom. The van der Waals surface area contributed by atoms with Gasteiger partial charge in [-0.15, -0.1) is 0 Å². The smallest absolute Gasteiger partial charge is 0.312 e. The highest BCUT2D eigenvalue weighted by molar-refractivity contribution is 7.41. The maximum Gasteiger partial charge on any atom is 0.332 e. The lowest BCUT2D eigenvalue weighted by Gasteiger charge is -2.17. The second-order valence-corrected chi connectivity index (χ2v) is 33.3. The molecule has 8 heteroatoms. The van der Waals surface area contributed by atoms with Crippen molar-refractivity contribution in [1.29, 1.82) is 0 Å². The van der Waals surface area contributed by atoms with Gasteiger partial charge in [0.1, 0.15) is 0 Å². The second-order valence-electron chi connectivity index (χ2n) is 30.9. The van der Waals surface area contributed by atoms with Crippen molar-refractivity contribution in [2.75, 3.05) is 39.6 Å². The van der Waals surface area contributed by atoms with Crippen LogP contribution in [0.15, 0.2) is 0 Å². The third kappa shape index (κ3) is 94.6. The van der Waals surface area contributed by atoms with Crippen LogP contribution in [0.5, 0.6) is 0 Å². The van der Waals surface area contributed by atoms with E-state index in [0.717, 1.165) is 78.2 Å². The molecule has 0 aliphatic heterocycles. The molecule has 0 aromatic carbocycles. The third-order valence-electron chi connectivity index (χ3n) is 20.7. The summed E-state index contributed by atoms with van der Waals surface area (Å²) in [7, 11) is -2.36. The minimum absolute atomic E-state index is 0.790. The highest BCUT2D eigenvalue weighted by Crippen LogP contribution is 2.42. The van der Waals surface area contributed by atoms with E-state index in [9.17, 15) is 0 Å². The molecule has 0 aliphatic carbocycles. The highest BCUT2D eigenvalue weighted by Gasteiger charge is 2.14. The van der Waals surface area contributed by atoms with Gasteiger partial charge >= 0.3 is 17.2 Å². The Bertz CT molecular complexity index is 1160. The molecular weight excluding hydrogens is 1240 g/mol. The van der Waals surface area contributed by atoms with E-state index >= 15 is 0 Å². The van der Waals surface area contributed by atoms with Gasteiger partial charge < -0.3 is 27.1 Å². The first-order chi connectivity index (χ1) is 48.7. The summed E-state index contributed by atoms with van der Waals surface area (Å²) in [4.78, 5) is 0. The van der Waals surface area contributed by atoms with Crippen molar-refractivity contribution >= 4 is 17.2 Å². The Morgan fingerprint density at radius 3 is 0.255 bits per heavy atom. The Labute approximate surface area is 622 Å². The van der Waals surface area contributed by atoms with Gasteiger partial charge in [-0.25, -0.2) is 0 Å². The van der Waals surface area contributed by atoms with Crippen LogP contribution in [0.3, 0.4) is 0 Å². The first-order valence-corrected chi connectivity index (χ1v) is 48.3. The van der Waals surface area contributed by atoms with Crippen molar-refractivity contribution in [2.24, 2.45) is 0 Å². The van der Waals surface area contributed by atoms with Crippen LogP contribution < -0.4 is 0 Å². The molecule has 6 nitrogen and oxygen atoms in total. The molecule has 0 unspecified atom stereocenters. The molecule has 0 N–H and O–H groups in total. The van der Waals surface area contributed by atoms with Gasteiger partial charge in [-0.2, -0.15) is 0 Å². The van der Waals surface area contributed by atoms with E-state index in [2.05, 4.69) is 41.5 Å². The lowest BCUT2D eigenvalue weighted by atomic mass is 10.0. The summed E-state index contributed by atoms with van der Waals surface area (Å²) in [6.45, 7) is 18.5. The van der Waals surface area contributed by atoms with Gasteiger partial charge in [0.05, 0.1) is 39.6 Å². The highest BCUT2D eigenvalue weighted by atomic mass is 31.2. The van der Waals surface area contributed by atoms with E-state index in [4.69, 9.17) is 27.1 Å². The fourth-order valence-corrected chi connectivity index (χ4v) is 15.9. The molecule has 0 aromatic rings. The van der Waals surface area contributed by atoms with Crippen molar-refractivity contribution in [2.45, 2.75) is 542 Å². The van der Waals surface area contributed by atoms with Crippen LogP contribution in [-0.2, 0) is 27.1 Å². The van der Waals surface area contributed by atoms with Gasteiger partial charge in [0.25, 0.3) is 0 Å². The maximum atomic E-state index is 6.24. The molecule has 0 aliphatic rings. The summed E-state index contributed by atoms with van der Waals surface area (Å²) < 4.78 is 37.1. The normalized spacial score (nSPS) is 11.8. The molecule has 0 atom stereocenters. The van der Waals surface area contributed by atoms with E-state index in [-0.39, 0.29) is 0 Å². The monoisotopic (exact) mass is 1430 g/mol. The van der Waals surface area contributed by atoms with Crippen LogP contribution in [0.1, 0.15) is 542 Å². The number of rotatable bonds is 90. The zero-order chi connectivity index (χ0) is 70.8. The van der Waals surface area contributed by atoms with Gasteiger partial charge in [-0.3, -0.25) is 0 Å². The molecule has 98 heavy (non-hydrogen) atoms. The van der Waals surface area contributed by atoms with Gasteiger partial charge in [-0.05, 0) is 38.5 Å². The SMILES string of the molecule is CCCCCCCCCCCCCCCCCCOP(OCCCCCCCCCCCCCCCCCC)OCCCCCCCCCCCCCCCCCC.CCCCCCCCCCCCOP(OCCCCCCCCCCCC)OCCCCCCCCCCCC. The van der Waals surface area contributed by atoms with E-state index < -0.39 is 17.2 Å². The van der Waals surface area contributed by atoms with Crippen molar-refractivity contribution in [3.05, 3.63) is 0 Å². The summed E-state index contributed by atoms with van der Waals surface area (Å²) in [5.41, 5.74) is 0. The largest absolute Gasteiger partial charge is 0.332 e. The topological polar surface area (TPSA) is 55.4 Å². The first kappa shape index (κ1) is 101. The summed E-state index contributed by atoms with van der Waals surface area (Å²) in [5, 5.41) is 0. The van der Waals surface area contributed by atoms with Crippen molar-refractivity contribution in [3.63, 3.8) is 0 Å². The van der Waals surface area contributed by atoms with E-state index in [1.54, 1.807) is 0 Å². The van der Waals surface area contributed by atoms with Crippen LogP contribution in [0.2, 0.25) is 0 Å². The molecule has 0 heterocycles. The number of hydrogen-bond donors (Lipinski definition) is 0. The predicted molar refractivity (Wildman–Crippen MR) is 444 cm³/mol. The van der Waals surface area contributed by atoms with Gasteiger partial charge in [0, 0.05) is 0 Å². The molecule has 0 radical (unpaired) electrons. The van der Waals surface area contributed by atoms with Crippen LogP contribution in [0.4, 0.5) is 0 Å². The quantitative estimate of drug-likeness (QED) is 0.0447. The molecule has 0 rings (SSSR count). The summed E-state index contributed by atoms with van der Waals surface area (Å²) in [6, 6.07) is 0. The van der Waals surface area contributed by atoms with E-state index in [0.29, 0.717) is 0 Å². The van der Waals surface area contributed by atoms with Crippen LogP contribution in [0.25, 0.3) is 0 Å². The third-order valence-corrected chi connectivity index (χ3v) is 23.0. The molecule has 0 bridgehead atoms. The number of hydrogen-bond acceptors (Lipinski definition) is 6. The summed E-state index contributed by atoms with van der Waals surface area (Å²) in [6.07, 6.45) is 108. The Kier molecular flexibility index (Phi) is 100. The van der Waals surface area contributed by atoms with Crippen molar-refractivity contribution in [3.8, 4) is 0 Å². The summed E-state index contributed by atoms with van der Waals surface area (Å²) >= 11 is 0. The maximum absolute atomic E-state index is 6.24. The second kappa shape index (κ2) is 97.6. The van der Waals surface area contributed by atoms with Crippen molar-refractivity contribution < 1.29 is 27.1 Å². The Morgan fingerprint density at radius 1 is 0.102 bits per heavy atom.